The van der Waals surface area contributed by atoms with Crippen molar-refractivity contribution in [3.05, 3.63) is 95.1 Å². The van der Waals surface area contributed by atoms with E-state index in [1.807, 2.05) is 55.5 Å². The Bertz CT molecular complexity index is 1320. The molecule has 3 aromatic carbocycles. The van der Waals surface area contributed by atoms with E-state index >= 15 is 0 Å². The third-order valence-electron chi connectivity index (χ3n) is 5.02. The number of carbonyl (C=O) groups is 1. The van der Waals surface area contributed by atoms with Gasteiger partial charge in [-0.3, -0.25) is 4.79 Å². The summed E-state index contributed by atoms with van der Waals surface area (Å²) < 4.78 is 46.2. The van der Waals surface area contributed by atoms with Gasteiger partial charge in [0.05, 0.1) is 10.7 Å². The van der Waals surface area contributed by atoms with Crippen LogP contribution >= 0.6 is 11.6 Å². The van der Waals surface area contributed by atoms with Gasteiger partial charge < -0.3 is 10.1 Å². The maximum Gasteiger partial charge on any atom is 0.435 e. The lowest BCUT2D eigenvalue weighted by Crippen LogP contribution is -2.21. The molecule has 1 heterocycles. The van der Waals surface area contributed by atoms with E-state index in [-0.39, 0.29) is 16.6 Å². The van der Waals surface area contributed by atoms with Crippen LogP contribution in [0.3, 0.4) is 0 Å². The number of nitrogens with one attached hydrogen (secondary N) is 1. The fraction of sp³-hybridized carbons (Fsp3) is 0.120. The van der Waals surface area contributed by atoms with E-state index in [2.05, 4.69) is 10.4 Å². The number of anilines is 1. The molecule has 0 atom stereocenters. The molecule has 0 unspecified atom stereocenters. The molecule has 4 rings (SSSR count). The molecule has 0 radical (unpaired) electrons. The Kier molecular flexibility index (Phi) is 6.61. The van der Waals surface area contributed by atoms with Crippen molar-refractivity contribution in [1.29, 1.82) is 0 Å². The predicted molar refractivity (Wildman–Crippen MR) is 124 cm³/mol. The van der Waals surface area contributed by atoms with Crippen molar-refractivity contribution < 1.29 is 22.7 Å². The Balaban J connectivity index is 1.54. The highest BCUT2D eigenvalue weighted by molar-refractivity contribution is 6.32. The van der Waals surface area contributed by atoms with Gasteiger partial charge in [0.25, 0.3) is 5.91 Å². The zero-order valence-electron chi connectivity index (χ0n) is 17.9. The van der Waals surface area contributed by atoms with Gasteiger partial charge in [-0.05, 0) is 41.8 Å². The van der Waals surface area contributed by atoms with E-state index in [9.17, 15) is 18.0 Å². The molecule has 0 saturated carbocycles. The maximum absolute atomic E-state index is 13.3. The number of rotatable bonds is 6. The summed E-state index contributed by atoms with van der Waals surface area (Å²) in [6, 6.07) is 22.3. The number of benzene rings is 3. The molecule has 0 saturated heterocycles. The fourth-order valence-corrected chi connectivity index (χ4v) is 3.51. The number of carbonyl (C=O) groups excluding carboxylic acids is 1. The quantitative estimate of drug-likeness (QED) is 0.337. The minimum Gasteiger partial charge on any atom is -0.467 e. The summed E-state index contributed by atoms with van der Waals surface area (Å²) >= 11 is 6.13. The lowest BCUT2D eigenvalue weighted by molar-refractivity contribution is -0.141. The fourth-order valence-electron chi connectivity index (χ4n) is 3.29. The molecule has 4 aromatic rings. The van der Waals surface area contributed by atoms with Gasteiger partial charge in [0.1, 0.15) is 0 Å². The highest BCUT2D eigenvalue weighted by atomic mass is 35.5. The van der Waals surface area contributed by atoms with E-state index < -0.39 is 24.4 Å². The maximum atomic E-state index is 13.3. The first-order valence-corrected chi connectivity index (χ1v) is 10.6. The molecule has 0 fully saturated rings. The Morgan fingerprint density at radius 3 is 2.41 bits per heavy atom. The SMILES string of the molecule is Cc1ccc(-c2ccccc2)cc1NC(=O)COc1cc(C(F)(F)F)nn1-c1ccccc1Cl. The molecule has 1 aromatic heterocycles. The Morgan fingerprint density at radius 1 is 1.00 bits per heavy atom. The zero-order chi connectivity index (χ0) is 24.3. The molecular weight excluding hydrogens is 467 g/mol. The summed E-state index contributed by atoms with van der Waals surface area (Å²) in [5.74, 6) is -0.792. The van der Waals surface area contributed by atoms with E-state index in [4.69, 9.17) is 16.3 Å². The van der Waals surface area contributed by atoms with Crippen molar-refractivity contribution in [3.8, 4) is 22.7 Å². The van der Waals surface area contributed by atoms with Crippen molar-refractivity contribution in [2.24, 2.45) is 0 Å². The van der Waals surface area contributed by atoms with Crippen LogP contribution in [0.1, 0.15) is 11.3 Å². The third kappa shape index (κ3) is 5.23. The molecule has 34 heavy (non-hydrogen) atoms. The van der Waals surface area contributed by atoms with Crippen LogP contribution < -0.4 is 10.1 Å². The van der Waals surface area contributed by atoms with Gasteiger partial charge in [-0.2, -0.15) is 23.0 Å². The van der Waals surface area contributed by atoms with Crippen LogP contribution in [0.15, 0.2) is 78.9 Å². The van der Waals surface area contributed by atoms with Crippen LogP contribution in [-0.2, 0) is 11.0 Å². The Hall–Kier alpha value is -3.78. The largest absolute Gasteiger partial charge is 0.467 e. The minimum absolute atomic E-state index is 0.182. The van der Waals surface area contributed by atoms with Crippen LogP contribution in [0.5, 0.6) is 5.88 Å². The summed E-state index contributed by atoms with van der Waals surface area (Å²) in [4.78, 5) is 12.6. The van der Waals surface area contributed by atoms with Crippen molar-refractivity contribution in [1.82, 2.24) is 9.78 Å². The average molecular weight is 486 g/mol. The summed E-state index contributed by atoms with van der Waals surface area (Å²) in [6.07, 6.45) is -4.69. The smallest absolute Gasteiger partial charge is 0.435 e. The summed E-state index contributed by atoms with van der Waals surface area (Å²) in [5.41, 5.74) is 2.33. The standard InChI is InChI=1S/C25H19ClF3N3O2/c1-16-11-12-18(17-7-3-2-4-8-17)13-20(16)30-23(33)15-34-24-14-22(25(27,28)29)31-32(24)21-10-6-5-9-19(21)26/h2-14H,15H2,1H3,(H,30,33). The molecular formula is C25H19ClF3N3O2. The molecule has 1 N–H and O–H groups in total. The molecule has 0 bridgehead atoms. The number of aryl methyl sites for hydroxylation is 1. The Morgan fingerprint density at radius 2 is 1.71 bits per heavy atom. The summed E-state index contributed by atoms with van der Waals surface area (Å²) in [7, 11) is 0. The zero-order valence-corrected chi connectivity index (χ0v) is 18.7. The van der Waals surface area contributed by atoms with E-state index in [1.54, 1.807) is 12.1 Å². The second-order valence-corrected chi connectivity index (χ2v) is 7.87. The predicted octanol–water partition coefficient (Wildman–Crippen LogP) is 6.54. The molecule has 5 nitrogen and oxygen atoms in total. The van der Waals surface area contributed by atoms with Gasteiger partial charge in [-0.1, -0.05) is 66.2 Å². The number of alkyl halides is 3. The number of hydrogen-bond donors (Lipinski definition) is 1. The van der Waals surface area contributed by atoms with Gasteiger partial charge >= 0.3 is 6.18 Å². The van der Waals surface area contributed by atoms with Gasteiger partial charge in [-0.15, -0.1) is 0 Å². The van der Waals surface area contributed by atoms with Gasteiger partial charge in [-0.25, -0.2) is 0 Å². The van der Waals surface area contributed by atoms with Crippen molar-refractivity contribution >= 4 is 23.2 Å². The van der Waals surface area contributed by atoms with Crippen LogP contribution in [0.4, 0.5) is 18.9 Å². The minimum atomic E-state index is -4.69. The first kappa shape index (κ1) is 23.4. The van der Waals surface area contributed by atoms with E-state index in [1.165, 1.54) is 12.1 Å². The van der Waals surface area contributed by atoms with Crippen molar-refractivity contribution in [3.63, 3.8) is 0 Å². The molecule has 0 aliphatic rings. The molecule has 0 spiro atoms. The van der Waals surface area contributed by atoms with Gasteiger partial charge in [0.15, 0.2) is 12.3 Å². The molecule has 174 valence electrons. The molecule has 0 aliphatic carbocycles. The highest BCUT2D eigenvalue weighted by Gasteiger charge is 2.36. The second kappa shape index (κ2) is 9.61. The third-order valence-corrected chi connectivity index (χ3v) is 5.34. The monoisotopic (exact) mass is 485 g/mol. The topological polar surface area (TPSA) is 56.1 Å². The highest BCUT2D eigenvalue weighted by Crippen LogP contribution is 2.33. The van der Waals surface area contributed by atoms with Gasteiger partial charge in [0, 0.05) is 11.8 Å². The number of para-hydroxylation sites is 1. The van der Waals surface area contributed by atoms with Crippen molar-refractivity contribution in [2.45, 2.75) is 13.1 Å². The number of amides is 1. The van der Waals surface area contributed by atoms with Gasteiger partial charge in [0.2, 0.25) is 5.88 Å². The summed E-state index contributed by atoms with van der Waals surface area (Å²) in [5, 5.41) is 6.52. The number of aromatic nitrogens is 2. The number of hydrogen-bond acceptors (Lipinski definition) is 3. The number of halogens is 4. The molecule has 9 heteroatoms. The molecule has 0 aliphatic heterocycles. The van der Waals surface area contributed by atoms with Crippen LogP contribution in [0.2, 0.25) is 5.02 Å². The first-order valence-electron chi connectivity index (χ1n) is 10.2. The summed E-state index contributed by atoms with van der Waals surface area (Å²) in [6.45, 7) is 1.32. The van der Waals surface area contributed by atoms with Crippen LogP contribution in [-0.4, -0.2) is 22.3 Å². The molecule has 1 amide bonds. The second-order valence-electron chi connectivity index (χ2n) is 7.46. The van der Waals surface area contributed by atoms with Crippen LogP contribution in [0, 0.1) is 6.92 Å². The first-order chi connectivity index (χ1) is 16.2. The number of nitrogens with zero attached hydrogens (tertiary/aromatic N) is 2. The lowest BCUT2D eigenvalue weighted by Gasteiger charge is -2.13. The van der Waals surface area contributed by atoms with Crippen LogP contribution in [0.25, 0.3) is 16.8 Å². The lowest BCUT2D eigenvalue weighted by atomic mass is 10.0. The van der Waals surface area contributed by atoms with Crippen molar-refractivity contribution in [2.75, 3.05) is 11.9 Å². The van der Waals surface area contributed by atoms with E-state index in [0.717, 1.165) is 27.4 Å². The normalized spacial score (nSPS) is 11.3. The average Bonchev–Trinajstić information content (AvgIpc) is 3.25. The number of ether oxygens (including phenoxy) is 1. The van der Waals surface area contributed by atoms with E-state index in [0.29, 0.717) is 5.69 Å². The Labute approximate surface area is 198 Å².